The van der Waals surface area contributed by atoms with Gasteiger partial charge in [-0.05, 0) is 24.3 Å². The second-order valence-corrected chi connectivity index (χ2v) is 4.99. The van der Waals surface area contributed by atoms with Gasteiger partial charge in [0, 0.05) is 44.8 Å². The maximum Gasteiger partial charge on any atom is 0.266 e. The summed E-state index contributed by atoms with van der Waals surface area (Å²) in [4.78, 5) is 15.4. The zero-order chi connectivity index (χ0) is 17.2. The first-order chi connectivity index (χ1) is 11.0. The number of nitriles is 1. The van der Waals surface area contributed by atoms with Gasteiger partial charge in [0.2, 0.25) is 0 Å². The number of aliphatic hydroxyl groups excluding tert-OH is 2. The fourth-order valence-corrected chi connectivity index (χ4v) is 1.88. The third kappa shape index (κ3) is 5.62. The number of hydrogen-bond acceptors (Lipinski definition) is 6. The third-order valence-electron chi connectivity index (χ3n) is 3.14. The van der Waals surface area contributed by atoms with Gasteiger partial charge in [-0.2, -0.15) is 5.26 Å². The van der Waals surface area contributed by atoms with Crippen LogP contribution in [0.2, 0.25) is 0 Å². The molecule has 0 aliphatic rings. The molecule has 1 rings (SSSR count). The summed E-state index contributed by atoms with van der Waals surface area (Å²) < 4.78 is 0. The smallest absolute Gasteiger partial charge is 0.266 e. The van der Waals surface area contributed by atoms with Crippen LogP contribution in [0.3, 0.4) is 0 Å². The number of nitrogens with one attached hydrogen (secondary N) is 1. The lowest BCUT2D eigenvalue weighted by Crippen LogP contribution is -2.36. The van der Waals surface area contributed by atoms with E-state index in [-0.39, 0.29) is 31.9 Å². The van der Waals surface area contributed by atoms with Crippen LogP contribution in [-0.2, 0) is 4.79 Å². The molecule has 1 aromatic rings. The minimum Gasteiger partial charge on any atom is -0.395 e. The van der Waals surface area contributed by atoms with Crippen molar-refractivity contribution in [2.75, 3.05) is 50.6 Å². The fraction of sp³-hybridized carbons (Fsp3) is 0.375. The molecule has 0 aliphatic carbocycles. The first-order valence-electron chi connectivity index (χ1n) is 7.18. The number of carbonyl (C=O) groups excluding carboxylic acids is 1. The topological polar surface area (TPSA) is 99.8 Å². The molecule has 0 unspecified atom stereocenters. The van der Waals surface area contributed by atoms with Crippen molar-refractivity contribution in [3.05, 3.63) is 36.0 Å². The van der Waals surface area contributed by atoms with Crippen LogP contribution in [0.25, 0.3) is 0 Å². The monoisotopic (exact) mass is 318 g/mol. The summed E-state index contributed by atoms with van der Waals surface area (Å²) in [7, 11) is 3.87. The quantitative estimate of drug-likeness (QED) is 0.473. The van der Waals surface area contributed by atoms with E-state index in [1.54, 1.807) is 0 Å². The second kappa shape index (κ2) is 9.46. The number of anilines is 2. The van der Waals surface area contributed by atoms with Crippen molar-refractivity contribution < 1.29 is 15.0 Å². The molecule has 7 heteroatoms. The molecule has 0 aliphatic heterocycles. The van der Waals surface area contributed by atoms with Crippen molar-refractivity contribution in [3.63, 3.8) is 0 Å². The van der Waals surface area contributed by atoms with Crippen molar-refractivity contribution in [3.8, 4) is 6.07 Å². The van der Waals surface area contributed by atoms with Crippen LogP contribution in [0.15, 0.2) is 36.0 Å². The van der Waals surface area contributed by atoms with E-state index in [4.69, 9.17) is 15.5 Å². The average molecular weight is 318 g/mol. The van der Waals surface area contributed by atoms with Crippen LogP contribution < -0.4 is 10.2 Å². The summed E-state index contributed by atoms with van der Waals surface area (Å²) in [6.45, 7) is -0.334. The molecule has 0 atom stereocenters. The Morgan fingerprint density at radius 1 is 1.22 bits per heavy atom. The molecular weight excluding hydrogens is 296 g/mol. The molecule has 23 heavy (non-hydrogen) atoms. The van der Waals surface area contributed by atoms with Gasteiger partial charge in [0.25, 0.3) is 5.91 Å². The van der Waals surface area contributed by atoms with Gasteiger partial charge in [0.05, 0.1) is 13.2 Å². The van der Waals surface area contributed by atoms with Crippen molar-refractivity contribution in [2.24, 2.45) is 0 Å². The van der Waals surface area contributed by atoms with Crippen LogP contribution in [0.1, 0.15) is 0 Å². The highest BCUT2D eigenvalue weighted by Gasteiger charge is 2.17. The van der Waals surface area contributed by atoms with Gasteiger partial charge in [0.1, 0.15) is 11.6 Å². The molecule has 124 valence electrons. The lowest BCUT2D eigenvalue weighted by atomic mass is 10.2. The van der Waals surface area contributed by atoms with E-state index < -0.39 is 5.91 Å². The predicted molar refractivity (Wildman–Crippen MR) is 88.8 cm³/mol. The largest absolute Gasteiger partial charge is 0.395 e. The molecule has 0 saturated heterocycles. The van der Waals surface area contributed by atoms with E-state index in [0.717, 1.165) is 11.4 Å². The highest BCUT2D eigenvalue weighted by Crippen LogP contribution is 2.16. The number of rotatable bonds is 8. The van der Waals surface area contributed by atoms with E-state index in [1.807, 2.05) is 49.3 Å². The fourth-order valence-electron chi connectivity index (χ4n) is 1.88. The van der Waals surface area contributed by atoms with Gasteiger partial charge in [-0.25, -0.2) is 0 Å². The number of nitrogens with zero attached hydrogens (tertiary/aromatic N) is 3. The minimum absolute atomic E-state index is 0.0654. The summed E-state index contributed by atoms with van der Waals surface area (Å²) in [5.41, 5.74) is 1.68. The molecular formula is C16H22N4O3. The number of hydrogen-bond donors (Lipinski definition) is 3. The van der Waals surface area contributed by atoms with Gasteiger partial charge in [-0.3, -0.25) is 4.79 Å². The third-order valence-corrected chi connectivity index (χ3v) is 3.14. The standard InChI is InChI=1S/C16H22N4O3/c1-19(2)15-5-3-14(4-6-15)18-12-13(11-17)16(23)20(7-9-21)8-10-22/h3-6,12,18,21-22H,7-10H2,1-2H3/b13-12-. The number of aliphatic hydroxyl groups is 2. The zero-order valence-corrected chi connectivity index (χ0v) is 13.4. The SMILES string of the molecule is CN(C)c1ccc(N/C=C(/C#N)C(=O)N(CCO)CCO)cc1. The number of benzene rings is 1. The van der Waals surface area contributed by atoms with Crippen LogP contribution in [0.4, 0.5) is 11.4 Å². The number of carbonyl (C=O) groups is 1. The summed E-state index contributed by atoms with van der Waals surface area (Å²) in [5, 5.41) is 29.9. The average Bonchev–Trinajstić information content (AvgIpc) is 2.55. The molecule has 0 radical (unpaired) electrons. The molecule has 3 N–H and O–H groups in total. The van der Waals surface area contributed by atoms with Gasteiger partial charge in [0.15, 0.2) is 0 Å². The maximum atomic E-state index is 12.2. The Morgan fingerprint density at radius 2 is 1.78 bits per heavy atom. The normalized spacial score (nSPS) is 10.8. The van der Waals surface area contributed by atoms with E-state index in [2.05, 4.69) is 5.32 Å². The van der Waals surface area contributed by atoms with Crippen molar-refractivity contribution in [2.45, 2.75) is 0 Å². The Balaban J connectivity index is 2.81. The van der Waals surface area contributed by atoms with Gasteiger partial charge in [-0.1, -0.05) is 0 Å². The first kappa shape index (κ1) is 18.5. The van der Waals surface area contributed by atoms with Crippen molar-refractivity contribution in [1.82, 2.24) is 4.90 Å². The molecule has 1 amide bonds. The van der Waals surface area contributed by atoms with Crippen LogP contribution in [-0.4, -0.2) is 61.4 Å². The molecule has 0 spiro atoms. The van der Waals surface area contributed by atoms with Gasteiger partial charge >= 0.3 is 0 Å². The Bertz CT molecular complexity index is 570. The maximum absolute atomic E-state index is 12.2. The summed E-state index contributed by atoms with van der Waals surface area (Å²) in [6.07, 6.45) is 1.33. The molecule has 7 nitrogen and oxygen atoms in total. The second-order valence-electron chi connectivity index (χ2n) is 4.99. The Labute approximate surface area is 136 Å². The van der Waals surface area contributed by atoms with Crippen LogP contribution in [0, 0.1) is 11.3 Å². The van der Waals surface area contributed by atoms with Crippen molar-refractivity contribution in [1.29, 1.82) is 5.26 Å². The van der Waals surface area contributed by atoms with E-state index in [1.165, 1.54) is 11.1 Å². The number of amides is 1. The van der Waals surface area contributed by atoms with E-state index in [0.29, 0.717) is 0 Å². The Hall–Kier alpha value is -2.56. The summed E-state index contributed by atoms with van der Waals surface area (Å²) in [5.74, 6) is -0.534. The molecule has 0 bridgehead atoms. The molecule has 0 aromatic heterocycles. The van der Waals surface area contributed by atoms with Crippen LogP contribution >= 0.6 is 0 Å². The van der Waals surface area contributed by atoms with Crippen LogP contribution in [0.5, 0.6) is 0 Å². The molecule has 0 heterocycles. The van der Waals surface area contributed by atoms with E-state index in [9.17, 15) is 4.79 Å². The summed E-state index contributed by atoms with van der Waals surface area (Å²) in [6, 6.07) is 9.33. The molecule has 0 fully saturated rings. The highest BCUT2D eigenvalue weighted by atomic mass is 16.3. The molecule has 0 saturated carbocycles. The van der Waals surface area contributed by atoms with Crippen molar-refractivity contribution >= 4 is 17.3 Å². The zero-order valence-electron chi connectivity index (χ0n) is 13.4. The predicted octanol–water partition coefficient (Wildman–Crippen LogP) is 0.385. The summed E-state index contributed by atoms with van der Waals surface area (Å²) >= 11 is 0. The van der Waals surface area contributed by atoms with E-state index >= 15 is 0 Å². The minimum atomic E-state index is -0.534. The lowest BCUT2D eigenvalue weighted by Gasteiger charge is -2.20. The Kier molecular flexibility index (Phi) is 7.60. The Morgan fingerprint density at radius 3 is 2.22 bits per heavy atom. The molecule has 1 aromatic carbocycles. The van der Waals surface area contributed by atoms with Gasteiger partial charge in [-0.15, -0.1) is 0 Å². The first-order valence-corrected chi connectivity index (χ1v) is 7.18. The highest BCUT2D eigenvalue weighted by molar-refractivity contribution is 5.97. The lowest BCUT2D eigenvalue weighted by molar-refractivity contribution is -0.127. The van der Waals surface area contributed by atoms with Gasteiger partial charge < -0.3 is 25.3 Å².